The van der Waals surface area contributed by atoms with Crippen molar-refractivity contribution in [3.8, 4) is 0 Å². The molecule has 1 nitrogen and oxygen atoms in total. The van der Waals surface area contributed by atoms with Gasteiger partial charge in [-0.15, -0.1) is 11.8 Å². The zero-order valence-electron chi connectivity index (χ0n) is 8.96. The van der Waals surface area contributed by atoms with Gasteiger partial charge in [0.1, 0.15) is 16.8 Å². The fourth-order valence-electron chi connectivity index (χ4n) is 1.29. The van der Waals surface area contributed by atoms with Crippen LogP contribution in [0.15, 0.2) is 35.4 Å². The van der Waals surface area contributed by atoms with E-state index >= 15 is 0 Å². The zero-order valence-corrected chi connectivity index (χ0v) is 11.3. The van der Waals surface area contributed by atoms with Crippen molar-refractivity contribution in [2.45, 2.75) is 10.6 Å². The summed E-state index contributed by atoms with van der Waals surface area (Å²) in [6.07, 6.45) is 1.54. The predicted octanol–water partition coefficient (Wildman–Crippen LogP) is 4.96. The van der Waals surface area contributed by atoms with Crippen LogP contribution in [0.3, 0.4) is 0 Å². The molecule has 0 N–H and O–H groups in total. The minimum atomic E-state index is -0.594. The van der Waals surface area contributed by atoms with Gasteiger partial charge in [-0.25, -0.2) is 13.8 Å². The second-order valence-corrected chi connectivity index (χ2v) is 5.27. The van der Waals surface area contributed by atoms with E-state index in [1.165, 1.54) is 30.0 Å². The normalized spacial score (nSPS) is 10.7. The fourth-order valence-corrected chi connectivity index (χ4v) is 2.70. The summed E-state index contributed by atoms with van der Waals surface area (Å²) in [7, 11) is 0. The average molecular weight is 306 g/mol. The first kappa shape index (κ1) is 13.6. The third kappa shape index (κ3) is 3.34. The van der Waals surface area contributed by atoms with Crippen LogP contribution in [0.4, 0.5) is 8.78 Å². The van der Waals surface area contributed by atoms with Gasteiger partial charge < -0.3 is 0 Å². The molecule has 0 saturated heterocycles. The highest BCUT2D eigenvalue weighted by Crippen LogP contribution is 2.29. The van der Waals surface area contributed by atoms with Crippen molar-refractivity contribution in [2.24, 2.45) is 0 Å². The molecule has 2 rings (SSSR count). The van der Waals surface area contributed by atoms with Crippen molar-refractivity contribution in [3.05, 3.63) is 57.8 Å². The molecule has 0 spiro atoms. The summed E-state index contributed by atoms with van der Waals surface area (Å²) in [6, 6.07) is 4.99. The van der Waals surface area contributed by atoms with Crippen LogP contribution in [-0.2, 0) is 5.75 Å². The Bertz CT molecular complexity index is 526. The molecule has 0 aliphatic rings. The Labute approximate surface area is 117 Å². The standard InChI is InChI=1S/C12H7Cl2F2NS/c13-9-4-12(14)17-5-7(9)6-18-11-2-1-8(15)3-10(11)16/h1-5H,6H2. The highest BCUT2D eigenvalue weighted by Gasteiger charge is 2.07. The second kappa shape index (κ2) is 5.87. The van der Waals surface area contributed by atoms with E-state index in [2.05, 4.69) is 4.98 Å². The number of halogens is 4. The number of rotatable bonds is 3. The van der Waals surface area contributed by atoms with Crippen molar-refractivity contribution in [2.75, 3.05) is 0 Å². The summed E-state index contributed by atoms with van der Waals surface area (Å²) < 4.78 is 26.1. The highest BCUT2D eigenvalue weighted by molar-refractivity contribution is 7.98. The van der Waals surface area contributed by atoms with Crippen LogP contribution in [-0.4, -0.2) is 4.98 Å². The Hall–Kier alpha value is -0.840. The van der Waals surface area contributed by atoms with Crippen LogP contribution in [0.2, 0.25) is 10.2 Å². The van der Waals surface area contributed by atoms with Gasteiger partial charge in [-0.3, -0.25) is 0 Å². The quantitative estimate of drug-likeness (QED) is 0.587. The Balaban J connectivity index is 2.11. The van der Waals surface area contributed by atoms with Gasteiger partial charge in [0.25, 0.3) is 0 Å². The summed E-state index contributed by atoms with van der Waals surface area (Å²) in [4.78, 5) is 4.27. The third-order valence-corrected chi connectivity index (χ3v) is 3.83. The van der Waals surface area contributed by atoms with Crippen LogP contribution in [0.25, 0.3) is 0 Å². The first-order chi connectivity index (χ1) is 8.56. The molecule has 0 unspecified atom stereocenters. The van der Waals surface area contributed by atoms with Crippen molar-refractivity contribution in [3.63, 3.8) is 0 Å². The molecule has 1 heterocycles. The lowest BCUT2D eigenvalue weighted by atomic mass is 10.3. The van der Waals surface area contributed by atoms with E-state index in [1.54, 1.807) is 6.20 Å². The minimum Gasteiger partial charge on any atom is -0.244 e. The van der Waals surface area contributed by atoms with Gasteiger partial charge in [-0.2, -0.15) is 0 Å². The van der Waals surface area contributed by atoms with Crippen LogP contribution in [0, 0.1) is 11.6 Å². The molecule has 0 aliphatic carbocycles. The van der Waals surface area contributed by atoms with Crippen LogP contribution < -0.4 is 0 Å². The van der Waals surface area contributed by atoms with Crippen molar-refractivity contribution in [1.82, 2.24) is 4.98 Å². The van der Waals surface area contributed by atoms with Crippen LogP contribution >= 0.6 is 35.0 Å². The third-order valence-electron chi connectivity index (χ3n) is 2.17. The van der Waals surface area contributed by atoms with Crippen LogP contribution in [0.5, 0.6) is 0 Å². The van der Waals surface area contributed by atoms with E-state index < -0.39 is 11.6 Å². The number of hydrogen-bond donors (Lipinski definition) is 0. The summed E-state index contributed by atoms with van der Waals surface area (Å²) in [5, 5.41) is 0.784. The molecule has 0 radical (unpaired) electrons. The maximum Gasteiger partial charge on any atom is 0.139 e. The lowest BCUT2D eigenvalue weighted by Crippen LogP contribution is -1.88. The maximum atomic E-state index is 13.4. The Morgan fingerprint density at radius 2 is 1.94 bits per heavy atom. The summed E-state index contributed by atoms with van der Waals surface area (Å²) in [6.45, 7) is 0. The molecule has 0 bridgehead atoms. The molecule has 0 atom stereocenters. The smallest absolute Gasteiger partial charge is 0.139 e. The number of nitrogens with zero attached hydrogens (tertiary/aromatic N) is 1. The Morgan fingerprint density at radius 3 is 2.61 bits per heavy atom. The molecule has 0 amide bonds. The van der Waals surface area contributed by atoms with Gasteiger partial charge in [0.15, 0.2) is 0 Å². The monoisotopic (exact) mass is 305 g/mol. The summed E-state index contributed by atoms with van der Waals surface area (Å²) >= 11 is 12.9. The van der Waals surface area contributed by atoms with Gasteiger partial charge in [0, 0.05) is 27.9 Å². The zero-order chi connectivity index (χ0) is 13.1. The van der Waals surface area contributed by atoms with Crippen molar-refractivity contribution < 1.29 is 8.78 Å². The minimum absolute atomic E-state index is 0.307. The average Bonchev–Trinajstić information content (AvgIpc) is 2.30. The molecule has 1 aromatic carbocycles. The van der Waals surface area contributed by atoms with Gasteiger partial charge in [-0.1, -0.05) is 23.2 Å². The van der Waals surface area contributed by atoms with E-state index in [4.69, 9.17) is 23.2 Å². The maximum absolute atomic E-state index is 13.4. The number of benzene rings is 1. The number of thioether (sulfide) groups is 1. The molecular weight excluding hydrogens is 299 g/mol. The second-order valence-electron chi connectivity index (χ2n) is 3.46. The highest BCUT2D eigenvalue weighted by atomic mass is 35.5. The Kier molecular flexibility index (Phi) is 4.43. The Morgan fingerprint density at radius 1 is 1.17 bits per heavy atom. The molecule has 6 heteroatoms. The molecular formula is C12H7Cl2F2NS. The number of pyridine rings is 1. The van der Waals surface area contributed by atoms with Gasteiger partial charge in [-0.05, 0) is 23.8 Å². The number of hydrogen-bond acceptors (Lipinski definition) is 2. The molecule has 0 fully saturated rings. The van der Waals surface area contributed by atoms with Crippen molar-refractivity contribution >= 4 is 35.0 Å². The lowest BCUT2D eigenvalue weighted by molar-refractivity contribution is 0.565. The molecule has 2 aromatic rings. The van der Waals surface area contributed by atoms with Gasteiger partial charge in [0.05, 0.1) is 0 Å². The summed E-state index contributed by atoms with van der Waals surface area (Å²) in [5.74, 6) is -0.743. The molecule has 1 aromatic heterocycles. The summed E-state index contributed by atoms with van der Waals surface area (Å²) in [5.41, 5.74) is 0.745. The SMILES string of the molecule is Fc1ccc(SCc2cnc(Cl)cc2Cl)c(F)c1. The predicted molar refractivity (Wildman–Crippen MR) is 70.2 cm³/mol. The van der Waals surface area contributed by atoms with E-state index in [9.17, 15) is 8.78 Å². The molecule has 94 valence electrons. The molecule has 0 aliphatic heterocycles. The van der Waals surface area contributed by atoms with Gasteiger partial charge >= 0.3 is 0 Å². The number of aromatic nitrogens is 1. The first-order valence-corrected chi connectivity index (χ1v) is 6.68. The first-order valence-electron chi connectivity index (χ1n) is 4.94. The van der Waals surface area contributed by atoms with Crippen molar-refractivity contribution in [1.29, 1.82) is 0 Å². The van der Waals surface area contributed by atoms with Crippen LogP contribution in [0.1, 0.15) is 5.56 Å². The van der Waals surface area contributed by atoms with E-state index in [-0.39, 0.29) is 0 Å². The molecule has 18 heavy (non-hydrogen) atoms. The topological polar surface area (TPSA) is 12.9 Å². The largest absolute Gasteiger partial charge is 0.244 e. The van der Waals surface area contributed by atoms with E-state index in [0.29, 0.717) is 20.8 Å². The van der Waals surface area contributed by atoms with E-state index in [0.717, 1.165) is 11.6 Å². The van der Waals surface area contributed by atoms with Gasteiger partial charge in [0.2, 0.25) is 0 Å². The lowest BCUT2D eigenvalue weighted by Gasteiger charge is -2.05. The van der Waals surface area contributed by atoms with E-state index in [1.807, 2.05) is 0 Å². The molecule has 0 saturated carbocycles. The fraction of sp³-hybridized carbons (Fsp3) is 0.0833.